The van der Waals surface area contributed by atoms with Gasteiger partial charge in [-0.3, -0.25) is 0 Å². The van der Waals surface area contributed by atoms with Crippen LogP contribution in [-0.2, 0) is 9.84 Å². The standard InChI is InChI=1S/C9H14BrN3O2S2/c1-3-11-9-12-6-7(10)8(13-9)16-4-5-17(2,14)15/h6H,3-5H2,1-2H3,(H,11,12,13). The normalized spacial score (nSPS) is 11.5. The highest BCUT2D eigenvalue weighted by Crippen LogP contribution is 2.25. The van der Waals surface area contributed by atoms with Crippen molar-refractivity contribution in [1.29, 1.82) is 0 Å². The fraction of sp³-hybridized carbons (Fsp3) is 0.556. The number of hydrogen-bond acceptors (Lipinski definition) is 6. The summed E-state index contributed by atoms with van der Waals surface area (Å²) in [7, 11) is -2.92. The summed E-state index contributed by atoms with van der Waals surface area (Å²) >= 11 is 4.74. The van der Waals surface area contributed by atoms with Crippen LogP contribution in [0, 0.1) is 0 Å². The third-order valence-corrected chi connectivity index (χ3v) is 4.78. The summed E-state index contributed by atoms with van der Waals surface area (Å²) in [6.45, 7) is 2.71. The second kappa shape index (κ2) is 6.55. The van der Waals surface area contributed by atoms with Crippen LogP contribution in [0.2, 0.25) is 0 Å². The van der Waals surface area contributed by atoms with Gasteiger partial charge in [0.1, 0.15) is 14.9 Å². The molecule has 8 heteroatoms. The van der Waals surface area contributed by atoms with Crippen LogP contribution in [0.15, 0.2) is 15.7 Å². The number of hydrogen-bond donors (Lipinski definition) is 1. The maximum atomic E-state index is 11.0. The molecular formula is C9H14BrN3O2S2. The summed E-state index contributed by atoms with van der Waals surface area (Å²) in [5, 5.41) is 3.76. The molecule has 1 N–H and O–H groups in total. The minimum Gasteiger partial charge on any atom is -0.354 e. The smallest absolute Gasteiger partial charge is 0.223 e. The fourth-order valence-electron chi connectivity index (χ4n) is 0.986. The van der Waals surface area contributed by atoms with Gasteiger partial charge in [-0.25, -0.2) is 18.4 Å². The first-order valence-corrected chi connectivity index (χ1v) is 8.83. The van der Waals surface area contributed by atoms with E-state index in [0.717, 1.165) is 16.0 Å². The molecular weight excluding hydrogens is 326 g/mol. The fourth-order valence-corrected chi connectivity index (χ4v) is 3.60. The van der Waals surface area contributed by atoms with Gasteiger partial charge in [0.15, 0.2) is 0 Å². The average molecular weight is 340 g/mol. The summed E-state index contributed by atoms with van der Waals surface area (Å²) < 4.78 is 22.8. The van der Waals surface area contributed by atoms with Crippen LogP contribution in [0.5, 0.6) is 0 Å². The maximum absolute atomic E-state index is 11.0. The van der Waals surface area contributed by atoms with E-state index in [2.05, 4.69) is 31.2 Å². The number of halogens is 1. The SMILES string of the molecule is CCNc1ncc(Br)c(SCCS(C)(=O)=O)n1. The Hall–Kier alpha value is -0.340. The highest BCUT2D eigenvalue weighted by Gasteiger charge is 2.08. The third-order valence-electron chi connectivity index (χ3n) is 1.74. The molecule has 96 valence electrons. The highest BCUT2D eigenvalue weighted by atomic mass is 79.9. The first-order chi connectivity index (χ1) is 7.92. The van der Waals surface area contributed by atoms with Gasteiger partial charge in [0.2, 0.25) is 5.95 Å². The molecule has 17 heavy (non-hydrogen) atoms. The molecule has 0 aliphatic carbocycles. The van der Waals surface area contributed by atoms with Gasteiger partial charge in [-0.2, -0.15) is 0 Å². The number of rotatable bonds is 6. The van der Waals surface area contributed by atoms with Gasteiger partial charge in [0.25, 0.3) is 0 Å². The van der Waals surface area contributed by atoms with Gasteiger partial charge in [0, 0.05) is 24.8 Å². The third kappa shape index (κ3) is 5.69. The molecule has 0 fully saturated rings. The quantitative estimate of drug-likeness (QED) is 0.629. The Morgan fingerprint density at radius 2 is 2.24 bits per heavy atom. The Morgan fingerprint density at radius 3 is 2.82 bits per heavy atom. The molecule has 0 aliphatic rings. The first kappa shape index (κ1) is 14.7. The summed E-state index contributed by atoms with van der Waals surface area (Å²) in [5.74, 6) is 1.18. The number of sulfone groups is 1. The zero-order chi connectivity index (χ0) is 12.9. The molecule has 1 rings (SSSR count). The lowest BCUT2D eigenvalue weighted by molar-refractivity contribution is 0.603. The lowest BCUT2D eigenvalue weighted by Gasteiger charge is -2.06. The molecule has 0 bridgehead atoms. The van der Waals surface area contributed by atoms with E-state index in [4.69, 9.17) is 0 Å². The van der Waals surface area contributed by atoms with Crippen molar-refractivity contribution >= 4 is 43.5 Å². The van der Waals surface area contributed by atoms with E-state index in [1.807, 2.05) is 6.92 Å². The summed E-state index contributed by atoms with van der Waals surface area (Å²) in [6.07, 6.45) is 2.89. The van der Waals surface area contributed by atoms with Crippen molar-refractivity contribution in [2.45, 2.75) is 11.9 Å². The predicted molar refractivity (Wildman–Crippen MR) is 74.3 cm³/mol. The van der Waals surface area contributed by atoms with Crippen molar-refractivity contribution in [3.8, 4) is 0 Å². The van der Waals surface area contributed by atoms with E-state index in [1.54, 1.807) is 6.20 Å². The minimum atomic E-state index is -2.92. The summed E-state index contributed by atoms with van der Waals surface area (Å²) in [6, 6.07) is 0. The maximum Gasteiger partial charge on any atom is 0.223 e. The Kier molecular flexibility index (Phi) is 5.68. The van der Waals surface area contributed by atoms with Crippen LogP contribution in [0.25, 0.3) is 0 Å². The minimum absolute atomic E-state index is 0.144. The largest absolute Gasteiger partial charge is 0.354 e. The van der Waals surface area contributed by atoms with Crippen molar-refractivity contribution in [1.82, 2.24) is 9.97 Å². The summed E-state index contributed by atoms with van der Waals surface area (Å²) in [5.41, 5.74) is 0. The van der Waals surface area contributed by atoms with Crippen LogP contribution >= 0.6 is 27.7 Å². The van der Waals surface area contributed by atoms with Crippen LogP contribution in [0.3, 0.4) is 0 Å². The van der Waals surface area contributed by atoms with Gasteiger partial charge >= 0.3 is 0 Å². The number of nitrogens with one attached hydrogen (secondary N) is 1. The summed E-state index contributed by atoms with van der Waals surface area (Å²) in [4.78, 5) is 8.37. The van der Waals surface area contributed by atoms with Gasteiger partial charge < -0.3 is 5.32 Å². The van der Waals surface area contributed by atoms with Crippen molar-refractivity contribution in [2.24, 2.45) is 0 Å². The Labute approximate surface area is 114 Å². The molecule has 0 saturated heterocycles. The van der Waals surface area contributed by atoms with Gasteiger partial charge in [-0.1, -0.05) is 0 Å². The number of aromatic nitrogens is 2. The molecule has 0 unspecified atom stereocenters. The van der Waals surface area contributed by atoms with E-state index in [0.29, 0.717) is 11.7 Å². The van der Waals surface area contributed by atoms with Gasteiger partial charge in [0.05, 0.1) is 10.2 Å². The second-order valence-corrected chi connectivity index (χ2v) is 7.55. The van der Waals surface area contributed by atoms with Gasteiger partial charge in [-0.05, 0) is 22.9 Å². The molecule has 1 heterocycles. The zero-order valence-corrected chi connectivity index (χ0v) is 12.8. The molecule has 5 nitrogen and oxygen atoms in total. The molecule has 0 atom stereocenters. The topological polar surface area (TPSA) is 72.0 Å². The average Bonchev–Trinajstić information content (AvgIpc) is 2.21. The number of thioether (sulfide) groups is 1. The number of nitrogens with zero attached hydrogens (tertiary/aromatic N) is 2. The van der Waals surface area contributed by atoms with Crippen molar-refractivity contribution < 1.29 is 8.42 Å². The molecule has 0 saturated carbocycles. The van der Waals surface area contributed by atoms with Crippen molar-refractivity contribution in [3.63, 3.8) is 0 Å². The lowest BCUT2D eigenvalue weighted by Crippen LogP contribution is -2.06. The predicted octanol–water partition coefficient (Wildman–Crippen LogP) is 1.81. The molecule has 0 aromatic carbocycles. The Bertz CT molecular complexity index is 479. The van der Waals surface area contributed by atoms with E-state index in [1.165, 1.54) is 18.0 Å². The molecule has 0 amide bonds. The van der Waals surface area contributed by atoms with Crippen LogP contribution < -0.4 is 5.32 Å². The first-order valence-electron chi connectivity index (χ1n) is 4.99. The van der Waals surface area contributed by atoms with Crippen LogP contribution in [0.4, 0.5) is 5.95 Å². The monoisotopic (exact) mass is 339 g/mol. The number of anilines is 1. The molecule has 0 radical (unpaired) electrons. The Morgan fingerprint density at radius 1 is 1.53 bits per heavy atom. The van der Waals surface area contributed by atoms with Crippen LogP contribution in [-0.4, -0.2) is 42.7 Å². The lowest BCUT2D eigenvalue weighted by atomic mass is 10.6. The zero-order valence-electron chi connectivity index (χ0n) is 9.60. The Balaban J connectivity index is 2.66. The molecule has 1 aromatic heterocycles. The van der Waals surface area contributed by atoms with Crippen molar-refractivity contribution in [3.05, 3.63) is 10.7 Å². The molecule has 1 aromatic rings. The molecule has 0 spiro atoms. The van der Waals surface area contributed by atoms with E-state index in [9.17, 15) is 8.42 Å². The van der Waals surface area contributed by atoms with E-state index >= 15 is 0 Å². The van der Waals surface area contributed by atoms with E-state index in [-0.39, 0.29) is 5.75 Å². The van der Waals surface area contributed by atoms with Crippen molar-refractivity contribution in [2.75, 3.05) is 29.6 Å². The van der Waals surface area contributed by atoms with E-state index < -0.39 is 9.84 Å². The molecule has 0 aliphatic heterocycles. The highest BCUT2D eigenvalue weighted by molar-refractivity contribution is 9.10. The van der Waals surface area contributed by atoms with Crippen LogP contribution in [0.1, 0.15) is 6.92 Å². The second-order valence-electron chi connectivity index (χ2n) is 3.36. The van der Waals surface area contributed by atoms with Gasteiger partial charge in [-0.15, -0.1) is 11.8 Å².